The molecular weight excluding hydrogens is 368 g/mol. The first-order valence-corrected chi connectivity index (χ1v) is 10.7. The topological polar surface area (TPSA) is 51.2 Å². The van der Waals surface area contributed by atoms with E-state index in [0.29, 0.717) is 17.3 Å². The molecule has 144 valence electrons. The van der Waals surface area contributed by atoms with E-state index in [-0.39, 0.29) is 5.91 Å². The van der Waals surface area contributed by atoms with Crippen LogP contribution in [-0.2, 0) is 12.8 Å². The van der Waals surface area contributed by atoms with Gasteiger partial charge in [-0.2, -0.15) is 0 Å². The molecule has 28 heavy (non-hydrogen) atoms. The van der Waals surface area contributed by atoms with Crippen LogP contribution >= 0.6 is 11.3 Å². The number of nitrogens with zero attached hydrogens (tertiary/aromatic N) is 1. The van der Waals surface area contributed by atoms with Crippen molar-refractivity contribution in [2.75, 3.05) is 11.9 Å². The van der Waals surface area contributed by atoms with Gasteiger partial charge in [-0.3, -0.25) is 10.1 Å². The number of aryl methyl sites for hydroxylation is 2. The Morgan fingerprint density at radius 3 is 2.75 bits per heavy atom. The molecule has 0 unspecified atom stereocenters. The summed E-state index contributed by atoms with van der Waals surface area (Å²) in [5, 5.41) is 3.61. The van der Waals surface area contributed by atoms with Gasteiger partial charge in [0.05, 0.1) is 12.3 Å². The number of hydrogen-bond donors (Lipinski definition) is 1. The smallest absolute Gasteiger partial charge is 0.257 e. The highest BCUT2D eigenvalue weighted by Crippen LogP contribution is 2.38. The van der Waals surface area contributed by atoms with Gasteiger partial charge in [0.1, 0.15) is 5.75 Å². The summed E-state index contributed by atoms with van der Waals surface area (Å²) in [5.74, 6) is 0.658. The van der Waals surface area contributed by atoms with Crippen molar-refractivity contribution in [1.82, 2.24) is 4.98 Å². The van der Waals surface area contributed by atoms with Gasteiger partial charge in [-0.25, -0.2) is 4.98 Å². The molecule has 0 fully saturated rings. The molecule has 0 saturated carbocycles. The standard InChI is InChI=1S/C23H24N2O2S/c1-2-3-6-15-27-18-12-9-17(10-13-18)22(26)25-23-24-21-19-8-5-4-7-16(19)11-14-20(21)28-23/h4-5,7-10,12-13H,2-3,6,11,14-15H2,1H3,(H,24,25,26). The van der Waals surface area contributed by atoms with E-state index in [1.807, 2.05) is 18.2 Å². The van der Waals surface area contributed by atoms with Gasteiger partial charge >= 0.3 is 0 Å². The number of fused-ring (bicyclic) bond motifs is 3. The number of benzene rings is 2. The normalized spacial score (nSPS) is 12.2. The van der Waals surface area contributed by atoms with E-state index in [4.69, 9.17) is 9.72 Å². The second-order valence-corrected chi connectivity index (χ2v) is 8.07. The van der Waals surface area contributed by atoms with Gasteiger partial charge < -0.3 is 4.74 Å². The van der Waals surface area contributed by atoms with E-state index < -0.39 is 0 Å². The highest BCUT2D eigenvalue weighted by Gasteiger charge is 2.21. The second-order valence-electron chi connectivity index (χ2n) is 6.98. The molecular formula is C23H24N2O2S. The lowest BCUT2D eigenvalue weighted by molar-refractivity contribution is 0.102. The van der Waals surface area contributed by atoms with E-state index in [2.05, 4.69) is 30.4 Å². The lowest BCUT2D eigenvalue weighted by Gasteiger charge is -2.13. The Balaban J connectivity index is 1.42. The van der Waals surface area contributed by atoms with Crippen molar-refractivity contribution in [1.29, 1.82) is 0 Å². The zero-order valence-corrected chi connectivity index (χ0v) is 16.8. The van der Waals surface area contributed by atoms with Crippen LogP contribution in [0.25, 0.3) is 11.3 Å². The Hall–Kier alpha value is -2.66. The van der Waals surface area contributed by atoms with Gasteiger partial charge in [-0.05, 0) is 49.1 Å². The summed E-state index contributed by atoms with van der Waals surface area (Å²) in [5.41, 5.74) is 4.13. The fourth-order valence-electron chi connectivity index (χ4n) is 3.42. The molecule has 0 spiro atoms. The summed E-state index contributed by atoms with van der Waals surface area (Å²) in [6.45, 7) is 2.89. The van der Waals surface area contributed by atoms with E-state index in [1.165, 1.54) is 28.8 Å². The molecule has 1 aromatic heterocycles. The third kappa shape index (κ3) is 4.09. The van der Waals surface area contributed by atoms with Crippen molar-refractivity contribution < 1.29 is 9.53 Å². The Morgan fingerprint density at radius 1 is 1.11 bits per heavy atom. The number of thiazole rings is 1. The number of carbonyl (C=O) groups excluding carboxylic acids is 1. The molecule has 0 saturated heterocycles. The van der Waals surface area contributed by atoms with Crippen LogP contribution in [0.1, 0.15) is 47.0 Å². The summed E-state index contributed by atoms with van der Waals surface area (Å²) in [6, 6.07) is 15.7. The Kier molecular flexibility index (Phi) is 5.72. The van der Waals surface area contributed by atoms with Crippen molar-refractivity contribution in [2.24, 2.45) is 0 Å². The van der Waals surface area contributed by atoms with Crippen LogP contribution < -0.4 is 10.1 Å². The number of aromatic nitrogens is 1. The van der Waals surface area contributed by atoms with Crippen LogP contribution in [0.5, 0.6) is 5.75 Å². The van der Waals surface area contributed by atoms with E-state index in [9.17, 15) is 4.79 Å². The van der Waals surface area contributed by atoms with Crippen molar-refractivity contribution in [2.45, 2.75) is 39.0 Å². The maximum atomic E-state index is 12.6. The second kappa shape index (κ2) is 8.57. The summed E-state index contributed by atoms with van der Waals surface area (Å²) >= 11 is 1.57. The van der Waals surface area contributed by atoms with Crippen molar-refractivity contribution >= 4 is 22.4 Å². The molecule has 2 aromatic carbocycles. The average molecular weight is 393 g/mol. The summed E-state index contributed by atoms with van der Waals surface area (Å²) in [6.07, 6.45) is 5.40. The van der Waals surface area contributed by atoms with Gasteiger partial charge in [0.25, 0.3) is 5.91 Å². The quantitative estimate of drug-likeness (QED) is 0.522. The summed E-state index contributed by atoms with van der Waals surface area (Å²) in [7, 11) is 0. The van der Waals surface area contributed by atoms with Crippen LogP contribution in [0.2, 0.25) is 0 Å². The first kappa shape index (κ1) is 18.7. The van der Waals surface area contributed by atoms with Gasteiger partial charge in [0.2, 0.25) is 0 Å². The molecule has 1 amide bonds. The van der Waals surface area contributed by atoms with Gasteiger partial charge in [0, 0.05) is 16.0 Å². The molecule has 5 heteroatoms. The van der Waals surface area contributed by atoms with Crippen LogP contribution in [0.15, 0.2) is 48.5 Å². The molecule has 0 bridgehead atoms. The fraction of sp³-hybridized carbons (Fsp3) is 0.304. The molecule has 0 radical (unpaired) electrons. The number of unbranched alkanes of at least 4 members (excludes halogenated alkanes) is 2. The number of ether oxygens (including phenoxy) is 1. The number of amides is 1. The molecule has 0 atom stereocenters. The lowest BCUT2D eigenvalue weighted by Crippen LogP contribution is -2.11. The molecule has 0 aliphatic heterocycles. The monoisotopic (exact) mass is 392 g/mol. The van der Waals surface area contributed by atoms with Crippen LogP contribution in [-0.4, -0.2) is 17.5 Å². The number of anilines is 1. The third-order valence-corrected chi connectivity index (χ3v) is 5.98. The van der Waals surface area contributed by atoms with E-state index in [0.717, 1.165) is 30.7 Å². The third-order valence-electron chi connectivity index (χ3n) is 4.94. The average Bonchev–Trinajstić information content (AvgIpc) is 3.14. The zero-order valence-electron chi connectivity index (χ0n) is 16.0. The minimum Gasteiger partial charge on any atom is -0.494 e. The summed E-state index contributed by atoms with van der Waals surface area (Å²) in [4.78, 5) is 18.5. The number of carbonyl (C=O) groups is 1. The minimum absolute atomic E-state index is 0.142. The van der Waals surface area contributed by atoms with Crippen LogP contribution in [0, 0.1) is 0 Å². The van der Waals surface area contributed by atoms with Crippen molar-refractivity contribution in [3.63, 3.8) is 0 Å². The Bertz CT molecular complexity index is 963. The van der Waals surface area contributed by atoms with E-state index >= 15 is 0 Å². The lowest BCUT2D eigenvalue weighted by atomic mass is 9.94. The molecule has 4 rings (SSSR count). The van der Waals surface area contributed by atoms with Gasteiger partial charge in [0.15, 0.2) is 5.13 Å². The van der Waals surface area contributed by atoms with Crippen LogP contribution in [0.4, 0.5) is 5.13 Å². The predicted molar refractivity (Wildman–Crippen MR) is 114 cm³/mol. The Morgan fingerprint density at radius 2 is 1.93 bits per heavy atom. The van der Waals surface area contributed by atoms with Gasteiger partial charge in [-0.1, -0.05) is 44.0 Å². The first-order valence-electron chi connectivity index (χ1n) is 9.87. The van der Waals surface area contributed by atoms with Crippen molar-refractivity contribution in [3.05, 3.63) is 64.5 Å². The molecule has 4 nitrogen and oxygen atoms in total. The number of hydrogen-bond acceptors (Lipinski definition) is 4. The molecule has 1 heterocycles. The maximum absolute atomic E-state index is 12.6. The van der Waals surface area contributed by atoms with E-state index in [1.54, 1.807) is 23.5 Å². The largest absolute Gasteiger partial charge is 0.494 e. The maximum Gasteiger partial charge on any atom is 0.257 e. The number of rotatable bonds is 7. The predicted octanol–water partition coefficient (Wildman–Crippen LogP) is 5.73. The molecule has 1 N–H and O–H groups in total. The molecule has 1 aliphatic rings. The first-order chi connectivity index (χ1) is 13.7. The highest BCUT2D eigenvalue weighted by atomic mass is 32.1. The molecule has 1 aliphatic carbocycles. The van der Waals surface area contributed by atoms with Crippen LogP contribution in [0.3, 0.4) is 0 Å². The van der Waals surface area contributed by atoms with Crippen molar-refractivity contribution in [3.8, 4) is 17.0 Å². The Labute approximate surface area is 169 Å². The zero-order chi connectivity index (χ0) is 19.3. The van der Waals surface area contributed by atoms with Gasteiger partial charge in [-0.15, -0.1) is 11.3 Å². The summed E-state index contributed by atoms with van der Waals surface area (Å²) < 4.78 is 5.71. The SMILES string of the molecule is CCCCCOc1ccc(C(=O)Nc2nc3c(s2)CCc2ccccc2-3)cc1. The fourth-order valence-corrected chi connectivity index (χ4v) is 4.39. The highest BCUT2D eigenvalue weighted by molar-refractivity contribution is 7.16. The minimum atomic E-state index is -0.142. The molecule has 3 aromatic rings. The number of nitrogens with one attached hydrogen (secondary N) is 1.